The summed E-state index contributed by atoms with van der Waals surface area (Å²) in [5.41, 5.74) is 7.61. The zero-order valence-corrected chi connectivity index (χ0v) is 10.0. The fourth-order valence-electron chi connectivity index (χ4n) is 1.55. The molecular weight excluding hydrogens is 222 g/mol. The van der Waals surface area contributed by atoms with E-state index >= 15 is 0 Å². The number of thiazole rings is 1. The number of rotatable bonds is 2. The zero-order valence-electron chi connectivity index (χ0n) is 9.23. The highest BCUT2D eigenvalue weighted by atomic mass is 32.1. The molecule has 0 atom stereocenters. The van der Waals surface area contributed by atoms with Crippen molar-refractivity contribution >= 4 is 17.2 Å². The predicted molar refractivity (Wildman–Crippen MR) is 65.8 cm³/mol. The third-order valence-corrected chi connectivity index (χ3v) is 3.56. The van der Waals surface area contributed by atoms with Crippen molar-refractivity contribution in [2.45, 2.75) is 20.4 Å². The number of nitrogens with zero attached hydrogens (tertiary/aromatic N) is 2. The van der Waals surface area contributed by atoms with Crippen LogP contribution in [0.3, 0.4) is 0 Å². The van der Waals surface area contributed by atoms with E-state index < -0.39 is 0 Å². The van der Waals surface area contributed by atoms with Gasteiger partial charge in [0.15, 0.2) is 0 Å². The molecule has 0 bridgehead atoms. The Bertz CT molecular complexity index is 571. The number of nitrogens with two attached hydrogens (primary N) is 1. The normalized spacial score (nSPS) is 10.6. The van der Waals surface area contributed by atoms with Gasteiger partial charge in [-0.25, -0.2) is 4.98 Å². The quantitative estimate of drug-likeness (QED) is 0.859. The molecule has 0 radical (unpaired) electrons. The Hall–Kier alpha value is -1.62. The summed E-state index contributed by atoms with van der Waals surface area (Å²) in [7, 11) is 0. The second-order valence-corrected chi connectivity index (χ2v) is 4.85. The third kappa shape index (κ3) is 1.99. The molecule has 0 aromatic carbocycles. The summed E-state index contributed by atoms with van der Waals surface area (Å²) in [6.45, 7) is 4.47. The van der Waals surface area contributed by atoms with Crippen LogP contribution in [0.1, 0.15) is 16.1 Å². The second-order valence-electron chi connectivity index (χ2n) is 3.68. The van der Waals surface area contributed by atoms with E-state index in [1.54, 1.807) is 16.8 Å². The maximum absolute atomic E-state index is 11.7. The van der Waals surface area contributed by atoms with Crippen LogP contribution in [0.5, 0.6) is 0 Å². The van der Waals surface area contributed by atoms with Crippen LogP contribution < -0.4 is 10.6 Å². The van der Waals surface area contributed by atoms with Gasteiger partial charge in [-0.05, 0) is 31.5 Å². The van der Waals surface area contributed by atoms with E-state index in [0.717, 1.165) is 16.1 Å². The highest BCUT2D eigenvalue weighted by Gasteiger charge is 2.07. The van der Waals surface area contributed by atoms with Crippen LogP contribution in [0.15, 0.2) is 23.1 Å². The molecule has 84 valence electrons. The molecule has 4 nitrogen and oxygen atoms in total. The molecule has 0 aliphatic heterocycles. The van der Waals surface area contributed by atoms with Crippen molar-refractivity contribution in [3.63, 3.8) is 0 Å². The summed E-state index contributed by atoms with van der Waals surface area (Å²) >= 11 is 1.28. The molecule has 2 heterocycles. The van der Waals surface area contributed by atoms with Gasteiger partial charge in [0.05, 0.1) is 6.54 Å². The van der Waals surface area contributed by atoms with Crippen molar-refractivity contribution in [1.29, 1.82) is 0 Å². The van der Waals surface area contributed by atoms with Gasteiger partial charge in [-0.2, -0.15) is 0 Å². The van der Waals surface area contributed by atoms with Gasteiger partial charge in [-0.1, -0.05) is 11.3 Å². The summed E-state index contributed by atoms with van der Waals surface area (Å²) in [5, 5.41) is 0. The topological polar surface area (TPSA) is 60.9 Å². The van der Waals surface area contributed by atoms with Gasteiger partial charge in [0.1, 0.15) is 5.82 Å². The zero-order chi connectivity index (χ0) is 11.7. The molecule has 0 spiro atoms. The lowest BCUT2D eigenvalue weighted by Gasteiger charge is -2.05. The van der Waals surface area contributed by atoms with Crippen molar-refractivity contribution in [2.75, 3.05) is 5.73 Å². The van der Waals surface area contributed by atoms with Crippen LogP contribution in [0.2, 0.25) is 0 Å². The molecule has 5 heteroatoms. The number of hydrogen-bond acceptors (Lipinski definition) is 4. The molecule has 0 amide bonds. The number of hydrogen-bond donors (Lipinski definition) is 1. The summed E-state index contributed by atoms with van der Waals surface area (Å²) in [5.74, 6) is 0.482. The van der Waals surface area contributed by atoms with E-state index in [-0.39, 0.29) is 4.87 Å². The number of aromatic nitrogens is 2. The Morgan fingerprint density at radius 3 is 2.81 bits per heavy atom. The molecule has 2 aromatic rings. The Labute approximate surface area is 97.4 Å². The van der Waals surface area contributed by atoms with E-state index in [1.165, 1.54) is 11.3 Å². The lowest BCUT2D eigenvalue weighted by molar-refractivity contribution is 0.751. The second kappa shape index (κ2) is 4.09. The highest BCUT2D eigenvalue weighted by Crippen LogP contribution is 2.12. The van der Waals surface area contributed by atoms with E-state index in [1.807, 2.05) is 19.9 Å². The van der Waals surface area contributed by atoms with Crippen molar-refractivity contribution in [3.05, 3.63) is 44.1 Å². The predicted octanol–water partition coefficient (Wildman–Crippen LogP) is 1.55. The van der Waals surface area contributed by atoms with Gasteiger partial charge in [0, 0.05) is 16.8 Å². The van der Waals surface area contributed by atoms with Gasteiger partial charge >= 0.3 is 4.87 Å². The molecular formula is C11H13N3OS. The average molecular weight is 235 g/mol. The summed E-state index contributed by atoms with van der Waals surface area (Å²) < 4.78 is 1.76. The van der Waals surface area contributed by atoms with Crippen molar-refractivity contribution in [3.8, 4) is 0 Å². The van der Waals surface area contributed by atoms with Crippen LogP contribution in [-0.4, -0.2) is 9.55 Å². The van der Waals surface area contributed by atoms with E-state index in [4.69, 9.17) is 5.73 Å². The van der Waals surface area contributed by atoms with Gasteiger partial charge < -0.3 is 5.73 Å². The van der Waals surface area contributed by atoms with Crippen LogP contribution >= 0.6 is 11.3 Å². The lowest BCUT2D eigenvalue weighted by Crippen LogP contribution is -2.15. The Balaban J connectivity index is 2.38. The van der Waals surface area contributed by atoms with Gasteiger partial charge in [-0.3, -0.25) is 9.36 Å². The maximum atomic E-state index is 11.7. The van der Waals surface area contributed by atoms with Gasteiger partial charge in [-0.15, -0.1) is 0 Å². The fourth-order valence-corrected chi connectivity index (χ4v) is 2.38. The molecule has 0 aliphatic carbocycles. The number of aryl methyl sites for hydroxylation is 1. The van der Waals surface area contributed by atoms with Crippen LogP contribution in [0.25, 0.3) is 0 Å². The minimum atomic E-state index is 0.0744. The van der Waals surface area contributed by atoms with Crippen molar-refractivity contribution in [1.82, 2.24) is 9.55 Å². The molecule has 0 aliphatic rings. The average Bonchev–Trinajstić information content (AvgIpc) is 2.45. The summed E-state index contributed by atoms with van der Waals surface area (Å²) in [6.07, 6.45) is 1.66. The molecule has 2 N–H and O–H groups in total. The summed E-state index contributed by atoms with van der Waals surface area (Å²) in [4.78, 5) is 16.7. The van der Waals surface area contributed by atoms with Crippen LogP contribution in [0, 0.1) is 13.8 Å². The molecule has 0 saturated heterocycles. The Kier molecular flexibility index (Phi) is 2.78. The van der Waals surface area contributed by atoms with Crippen molar-refractivity contribution < 1.29 is 0 Å². The first kappa shape index (κ1) is 10.9. The lowest BCUT2D eigenvalue weighted by atomic mass is 10.2. The van der Waals surface area contributed by atoms with Gasteiger partial charge in [0.25, 0.3) is 0 Å². The number of nitrogen functional groups attached to an aromatic ring is 1. The third-order valence-electron chi connectivity index (χ3n) is 2.56. The standard InChI is InChI=1S/C11H13N3OS/c1-7-8(2)16-11(15)14(7)6-9-3-4-13-10(12)5-9/h3-5H,6H2,1-2H3,(H2,12,13). The van der Waals surface area contributed by atoms with Crippen LogP contribution in [-0.2, 0) is 6.54 Å². The first-order valence-electron chi connectivity index (χ1n) is 4.95. The molecule has 16 heavy (non-hydrogen) atoms. The molecule has 2 rings (SSSR count). The Morgan fingerprint density at radius 2 is 2.25 bits per heavy atom. The van der Waals surface area contributed by atoms with Crippen LogP contribution in [0.4, 0.5) is 5.82 Å². The van der Waals surface area contributed by atoms with E-state index in [0.29, 0.717) is 12.4 Å². The minimum absolute atomic E-state index is 0.0744. The van der Waals surface area contributed by atoms with Gasteiger partial charge in [0.2, 0.25) is 0 Å². The van der Waals surface area contributed by atoms with E-state index in [9.17, 15) is 4.79 Å². The maximum Gasteiger partial charge on any atom is 0.307 e. The number of pyridine rings is 1. The minimum Gasteiger partial charge on any atom is -0.384 e. The summed E-state index contributed by atoms with van der Waals surface area (Å²) in [6, 6.07) is 3.66. The van der Waals surface area contributed by atoms with Crippen molar-refractivity contribution in [2.24, 2.45) is 0 Å². The first-order valence-corrected chi connectivity index (χ1v) is 5.77. The molecule has 0 saturated carbocycles. The SMILES string of the molecule is Cc1sc(=O)n(Cc2ccnc(N)c2)c1C. The smallest absolute Gasteiger partial charge is 0.307 e. The number of anilines is 1. The monoisotopic (exact) mass is 235 g/mol. The first-order chi connectivity index (χ1) is 7.58. The van der Waals surface area contributed by atoms with E-state index in [2.05, 4.69) is 4.98 Å². The largest absolute Gasteiger partial charge is 0.384 e. The molecule has 0 unspecified atom stereocenters. The fraction of sp³-hybridized carbons (Fsp3) is 0.273. The Morgan fingerprint density at radius 1 is 1.50 bits per heavy atom. The highest BCUT2D eigenvalue weighted by molar-refractivity contribution is 7.09. The molecule has 2 aromatic heterocycles. The molecule has 0 fully saturated rings.